The lowest BCUT2D eigenvalue weighted by Gasteiger charge is -2.09. The summed E-state index contributed by atoms with van der Waals surface area (Å²) in [5, 5.41) is 0. The molecule has 0 amide bonds. The molecule has 0 unspecified atom stereocenters. The van der Waals surface area contributed by atoms with Crippen LogP contribution in [0.1, 0.15) is 0 Å². The molecule has 2 nitrogen and oxygen atoms in total. The molecule has 0 aromatic heterocycles. The van der Waals surface area contributed by atoms with Gasteiger partial charge in [0.1, 0.15) is 0 Å². The van der Waals surface area contributed by atoms with Crippen LogP contribution in [-0.2, 0) is 0 Å². The molecule has 0 spiro atoms. The molecule has 11 heavy (non-hydrogen) atoms. The van der Waals surface area contributed by atoms with Crippen molar-refractivity contribution in [2.24, 2.45) is 5.73 Å². The Bertz CT molecular complexity index is 246. The fourth-order valence-electron chi connectivity index (χ4n) is 0.777. The van der Waals surface area contributed by atoms with E-state index < -0.39 is 0 Å². The lowest BCUT2D eigenvalue weighted by Crippen LogP contribution is -2.04. The van der Waals surface area contributed by atoms with Crippen molar-refractivity contribution < 1.29 is 0 Å². The summed E-state index contributed by atoms with van der Waals surface area (Å²) in [5.41, 5.74) is 7.25. The zero-order valence-corrected chi connectivity index (χ0v) is 6.62. The molecule has 0 aromatic carbocycles. The molecule has 2 heteroatoms. The second-order valence-corrected chi connectivity index (χ2v) is 2.52. The van der Waals surface area contributed by atoms with Crippen LogP contribution in [0.2, 0.25) is 0 Å². The van der Waals surface area contributed by atoms with Crippen LogP contribution < -0.4 is 5.73 Å². The van der Waals surface area contributed by atoms with E-state index in [1.165, 1.54) is 0 Å². The second kappa shape index (κ2) is 3.10. The van der Waals surface area contributed by atoms with Gasteiger partial charge in [-0.25, -0.2) is 0 Å². The Morgan fingerprint density at radius 1 is 1.36 bits per heavy atom. The van der Waals surface area contributed by atoms with Gasteiger partial charge in [0.25, 0.3) is 0 Å². The van der Waals surface area contributed by atoms with Gasteiger partial charge in [-0.2, -0.15) is 0 Å². The molecule has 1 heterocycles. The quantitative estimate of drug-likeness (QED) is 0.562. The molecule has 58 valence electrons. The van der Waals surface area contributed by atoms with Gasteiger partial charge in [-0.15, -0.1) is 0 Å². The molecule has 1 aliphatic rings. The Balaban J connectivity index is 2.91. The van der Waals surface area contributed by atoms with Crippen LogP contribution in [0.5, 0.6) is 0 Å². The van der Waals surface area contributed by atoms with E-state index in [0.29, 0.717) is 0 Å². The Morgan fingerprint density at radius 3 is 2.73 bits per heavy atom. The van der Waals surface area contributed by atoms with Gasteiger partial charge in [-0.1, -0.05) is 6.58 Å². The van der Waals surface area contributed by atoms with Crippen molar-refractivity contribution in [3.63, 3.8) is 0 Å². The summed E-state index contributed by atoms with van der Waals surface area (Å²) >= 11 is 0. The molecule has 0 bridgehead atoms. The van der Waals surface area contributed by atoms with Gasteiger partial charge >= 0.3 is 0 Å². The van der Waals surface area contributed by atoms with Crippen LogP contribution in [0.4, 0.5) is 0 Å². The van der Waals surface area contributed by atoms with Crippen molar-refractivity contribution in [3.05, 3.63) is 48.5 Å². The second-order valence-electron chi connectivity index (χ2n) is 2.52. The molecule has 0 atom stereocenters. The SMILES string of the molecule is C=C1/C=C\N(C)/C=C\C(N)=C/1. The topological polar surface area (TPSA) is 29.3 Å². The fourth-order valence-corrected chi connectivity index (χ4v) is 0.777. The predicted molar refractivity (Wildman–Crippen MR) is 47.5 cm³/mol. The lowest BCUT2D eigenvalue weighted by atomic mass is 10.2. The van der Waals surface area contributed by atoms with E-state index in [0.717, 1.165) is 11.3 Å². The molecule has 1 rings (SSSR count). The van der Waals surface area contributed by atoms with Crippen LogP contribution in [0.3, 0.4) is 0 Å². The van der Waals surface area contributed by atoms with Crippen LogP contribution in [0, 0.1) is 0 Å². The minimum atomic E-state index is 0.728. The van der Waals surface area contributed by atoms with Gasteiger partial charge in [0.05, 0.1) is 0 Å². The third-order valence-corrected chi connectivity index (χ3v) is 1.38. The number of hydrogen-bond acceptors (Lipinski definition) is 2. The van der Waals surface area contributed by atoms with Crippen molar-refractivity contribution in [2.45, 2.75) is 0 Å². The van der Waals surface area contributed by atoms with Crippen molar-refractivity contribution in [3.8, 4) is 0 Å². The van der Waals surface area contributed by atoms with Crippen LogP contribution in [0.15, 0.2) is 48.5 Å². The highest BCUT2D eigenvalue weighted by atomic mass is 15.0. The van der Waals surface area contributed by atoms with Crippen LogP contribution in [0.25, 0.3) is 0 Å². The summed E-state index contributed by atoms with van der Waals surface area (Å²) < 4.78 is 0. The largest absolute Gasteiger partial charge is 0.399 e. The average Bonchev–Trinajstić information content (AvgIpc) is 1.95. The standard InChI is InChI=1S/C9H12N2/c1-8-3-5-11(2)6-4-9(10)7-8/h3-7H,1,10H2,2H3/b5-3-,6-4-,9-7+. The smallest absolute Gasteiger partial charge is 0.0334 e. The highest BCUT2D eigenvalue weighted by Gasteiger charge is 1.91. The molecular weight excluding hydrogens is 136 g/mol. The van der Waals surface area contributed by atoms with E-state index in [1.54, 1.807) is 0 Å². The van der Waals surface area contributed by atoms with E-state index in [4.69, 9.17) is 5.73 Å². The first-order valence-corrected chi connectivity index (χ1v) is 3.43. The maximum atomic E-state index is 5.61. The van der Waals surface area contributed by atoms with Crippen LogP contribution >= 0.6 is 0 Å². The number of hydrogen-bond donors (Lipinski definition) is 1. The third kappa shape index (κ3) is 2.34. The number of nitrogens with zero attached hydrogens (tertiary/aromatic N) is 1. The summed E-state index contributed by atoms with van der Waals surface area (Å²) in [6.07, 6.45) is 9.42. The Labute approximate surface area is 67.0 Å². The first-order chi connectivity index (χ1) is 5.18. The summed E-state index contributed by atoms with van der Waals surface area (Å²) in [6, 6.07) is 0. The monoisotopic (exact) mass is 148 g/mol. The molecule has 0 aliphatic carbocycles. The van der Waals surface area contributed by atoms with Crippen molar-refractivity contribution in [1.82, 2.24) is 4.90 Å². The molecule has 2 N–H and O–H groups in total. The highest BCUT2D eigenvalue weighted by molar-refractivity contribution is 5.34. The first-order valence-electron chi connectivity index (χ1n) is 3.43. The number of rotatable bonds is 0. The molecule has 0 radical (unpaired) electrons. The number of nitrogens with two attached hydrogens (primary N) is 1. The van der Waals surface area contributed by atoms with Crippen LogP contribution in [-0.4, -0.2) is 11.9 Å². The summed E-state index contributed by atoms with van der Waals surface area (Å²) in [7, 11) is 1.94. The van der Waals surface area contributed by atoms with Crippen molar-refractivity contribution >= 4 is 0 Å². The fraction of sp³-hybridized carbons (Fsp3) is 0.111. The Kier molecular flexibility index (Phi) is 2.16. The van der Waals surface area contributed by atoms with Gasteiger partial charge in [0.2, 0.25) is 0 Å². The van der Waals surface area contributed by atoms with Gasteiger partial charge in [-0.05, 0) is 23.8 Å². The normalized spacial score (nSPS) is 28.3. The molecule has 1 aliphatic heterocycles. The maximum Gasteiger partial charge on any atom is 0.0334 e. The zero-order valence-electron chi connectivity index (χ0n) is 6.62. The van der Waals surface area contributed by atoms with Gasteiger partial charge in [0, 0.05) is 25.1 Å². The zero-order chi connectivity index (χ0) is 8.27. The maximum absolute atomic E-state index is 5.61. The first kappa shape index (κ1) is 7.66. The van der Waals surface area contributed by atoms with E-state index in [2.05, 4.69) is 6.58 Å². The van der Waals surface area contributed by atoms with Crippen molar-refractivity contribution in [1.29, 1.82) is 0 Å². The Hall–Kier alpha value is -1.44. The predicted octanol–water partition coefficient (Wildman–Crippen LogP) is 1.36. The van der Waals surface area contributed by atoms with Gasteiger partial charge in [0.15, 0.2) is 0 Å². The van der Waals surface area contributed by atoms with E-state index >= 15 is 0 Å². The summed E-state index contributed by atoms with van der Waals surface area (Å²) in [5.74, 6) is 0. The van der Waals surface area contributed by atoms with E-state index in [-0.39, 0.29) is 0 Å². The molecule has 0 aromatic rings. The van der Waals surface area contributed by atoms with E-state index in [1.807, 2.05) is 42.6 Å². The average molecular weight is 148 g/mol. The number of allylic oxidation sites excluding steroid dienone is 4. The minimum absolute atomic E-state index is 0.728. The highest BCUT2D eigenvalue weighted by Crippen LogP contribution is 2.04. The lowest BCUT2D eigenvalue weighted by molar-refractivity contribution is 0.624. The minimum Gasteiger partial charge on any atom is -0.399 e. The van der Waals surface area contributed by atoms with Gasteiger partial charge < -0.3 is 10.6 Å². The molecular formula is C9H12N2. The van der Waals surface area contributed by atoms with Gasteiger partial charge in [-0.3, -0.25) is 0 Å². The Morgan fingerprint density at radius 2 is 2.00 bits per heavy atom. The molecule has 0 fully saturated rings. The summed E-state index contributed by atoms with van der Waals surface area (Å²) in [4.78, 5) is 1.92. The van der Waals surface area contributed by atoms with Crippen molar-refractivity contribution in [2.75, 3.05) is 7.05 Å². The summed E-state index contributed by atoms with van der Waals surface area (Å²) in [6.45, 7) is 3.80. The molecule has 0 saturated heterocycles. The van der Waals surface area contributed by atoms with E-state index in [9.17, 15) is 0 Å². The third-order valence-electron chi connectivity index (χ3n) is 1.38. The molecule has 0 saturated carbocycles.